The number of amides is 2. The molecule has 2 heterocycles. The highest BCUT2D eigenvalue weighted by atomic mass is 16.5. The maximum atomic E-state index is 12.9. The van der Waals surface area contributed by atoms with Gasteiger partial charge in [-0.3, -0.25) is 24.1 Å². The minimum absolute atomic E-state index is 0.00985. The Hall–Kier alpha value is -4.26. The van der Waals surface area contributed by atoms with Crippen molar-refractivity contribution in [2.45, 2.75) is 12.8 Å². The molecule has 0 fully saturated rings. The molecule has 5 rings (SSSR count). The van der Waals surface area contributed by atoms with E-state index < -0.39 is 5.97 Å². The summed E-state index contributed by atoms with van der Waals surface area (Å²) in [5.41, 5.74) is 2.26. The lowest BCUT2D eigenvalue weighted by Crippen LogP contribution is -2.41. The van der Waals surface area contributed by atoms with Crippen molar-refractivity contribution >= 4 is 45.2 Å². The smallest absolute Gasteiger partial charge is 0.306 e. The van der Waals surface area contributed by atoms with Crippen molar-refractivity contribution in [3.8, 4) is 0 Å². The van der Waals surface area contributed by atoms with Crippen molar-refractivity contribution in [2.75, 3.05) is 13.2 Å². The lowest BCUT2D eigenvalue weighted by atomic mass is 9.94. The summed E-state index contributed by atoms with van der Waals surface area (Å²) >= 11 is 0. The van der Waals surface area contributed by atoms with E-state index >= 15 is 0 Å². The van der Waals surface area contributed by atoms with Crippen molar-refractivity contribution in [1.82, 2.24) is 9.88 Å². The fourth-order valence-corrected chi connectivity index (χ4v) is 4.26. The summed E-state index contributed by atoms with van der Waals surface area (Å²) in [5.74, 6) is -1.59. The summed E-state index contributed by atoms with van der Waals surface area (Å²) in [6, 6.07) is 18.1. The fourth-order valence-electron chi connectivity index (χ4n) is 4.26. The lowest BCUT2D eigenvalue weighted by Gasteiger charge is -2.27. The van der Waals surface area contributed by atoms with Crippen LogP contribution in [0.2, 0.25) is 0 Å². The zero-order valence-electron chi connectivity index (χ0n) is 17.7. The lowest BCUT2D eigenvalue weighted by molar-refractivity contribution is -0.142. The Morgan fingerprint density at radius 2 is 1.58 bits per heavy atom. The molecule has 1 N–H and O–H groups in total. The number of nitrogens with one attached hydrogen (secondary N) is 1. The molecule has 7 heteroatoms. The second kappa shape index (κ2) is 8.35. The van der Waals surface area contributed by atoms with E-state index in [2.05, 4.69) is 4.98 Å². The number of esters is 1. The van der Waals surface area contributed by atoms with Gasteiger partial charge in [0.25, 0.3) is 11.8 Å². The van der Waals surface area contributed by atoms with Gasteiger partial charge in [0.05, 0.1) is 0 Å². The van der Waals surface area contributed by atoms with Crippen molar-refractivity contribution in [3.05, 3.63) is 83.6 Å². The van der Waals surface area contributed by atoms with Crippen LogP contribution in [0.3, 0.4) is 0 Å². The van der Waals surface area contributed by atoms with Gasteiger partial charge in [0.2, 0.25) is 5.78 Å². The Labute approximate surface area is 188 Å². The Balaban J connectivity index is 1.18. The number of aromatic amines is 1. The second-order valence-corrected chi connectivity index (χ2v) is 7.91. The number of Topliss-reactive ketones (excluding diaryl/α,β-unsaturated/α-hetero) is 1. The van der Waals surface area contributed by atoms with E-state index in [-0.39, 0.29) is 43.6 Å². The zero-order chi connectivity index (χ0) is 22.9. The van der Waals surface area contributed by atoms with Crippen LogP contribution in [-0.2, 0) is 9.53 Å². The van der Waals surface area contributed by atoms with Crippen LogP contribution in [0.1, 0.15) is 43.9 Å². The third-order valence-electron chi connectivity index (χ3n) is 5.87. The Kier molecular flexibility index (Phi) is 5.22. The largest absolute Gasteiger partial charge is 0.457 e. The van der Waals surface area contributed by atoms with Gasteiger partial charge in [-0.05, 0) is 30.0 Å². The quantitative estimate of drug-likeness (QED) is 0.265. The maximum absolute atomic E-state index is 12.9. The first-order valence-corrected chi connectivity index (χ1v) is 10.7. The minimum Gasteiger partial charge on any atom is -0.457 e. The summed E-state index contributed by atoms with van der Waals surface area (Å²) in [5, 5.41) is 2.28. The van der Waals surface area contributed by atoms with Crippen LogP contribution >= 0.6 is 0 Å². The molecule has 0 saturated carbocycles. The molecule has 0 saturated heterocycles. The Morgan fingerprint density at radius 1 is 0.879 bits per heavy atom. The van der Waals surface area contributed by atoms with Crippen molar-refractivity contribution in [1.29, 1.82) is 0 Å². The SMILES string of the molecule is O=C(CCCN1C(=O)c2cccc3cccc(c23)C1=O)OCC(=O)c1c[nH]c2ccccc12. The number of carbonyl (C=O) groups excluding carboxylic acids is 4. The number of rotatable bonds is 7. The van der Waals surface area contributed by atoms with Gasteiger partial charge in [0.15, 0.2) is 6.61 Å². The van der Waals surface area contributed by atoms with Gasteiger partial charge in [-0.2, -0.15) is 0 Å². The number of ketones is 1. The number of para-hydroxylation sites is 1. The van der Waals surface area contributed by atoms with Crippen LogP contribution in [-0.4, -0.2) is 46.6 Å². The molecule has 164 valence electrons. The summed E-state index contributed by atoms with van der Waals surface area (Å²) in [7, 11) is 0. The van der Waals surface area contributed by atoms with Gasteiger partial charge in [-0.15, -0.1) is 0 Å². The number of H-pyrrole nitrogens is 1. The van der Waals surface area contributed by atoms with Crippen LogP contribution in [0.5, 0.6) is 0 Å². The van der Waals surface area contributed by atoms with Crippen LogP contribution in [0.25, 0.3) is 21.7 Å². The van der Waals surface area contributed by atoms with Crippen LogP contribution in [0.15, 0.2) is 66.9 Å². The Morgan fingerprint density at radius 3 is 2.30 bits per heavy atom. The van der Waals surface area contributed by atoms with E-state index in [4.69, 9.17) is 4.74 Å². The van der Waals surface area contributed by atoms with Crippen LogP contribution in [0.4, 0.5) is 0 Å². The molecule has 0 aliphatic carbocycles. The van der Waals surface area contributed by atoms with Gasteiger partial charge in [0, 0.05) is 52.1 Å². The number of ether oxygens (including phenoxy) is 1. The molecule has 0 radical (unpaired) electrons. The molecule has 33 heavy (non-hydrogen) atoms. The van der Waals surface area contributed by atoms with E-state index in [9.17, 15) is 19.2 Å². The predicted molar refractivity (Wildman–Crippen MR) is 122 cm³/mol. The fraction of sp³-hybridized carbons (Fsp3) is 0.154. The van der Waals surface area contributed by atoms with Crippen LogP contribution < -0.4 is 0 Å². The molecular formula is C26H20N2O5. The van der Waals surface area contributed by atoms with E-state index in [1.165, 1.54) is 4.90 Å². The molecule has 2 amide bonds. The first kappa shape index (κ1) is 20.6. The Bertz CT molecular complexity index is 1380. The minimum atomic E-state index is -0.553. The van der Waals surface area contributed by atoms with Crippen LogP contribution in [0, 0.1) is 0 Å². The number of aromatic nitrogens is 1. The number of carbonyl (C=O) groups is 4. The van der Waals surface area contributed by atoms with Crippen molar-refractivity contribution in [3.63, 3.8) is 0 Å². The average Bonchev–Trinajstić information content (AvgIpc) is 3.27. The molecule has 1 aromatic heterocycles. The molecule has 1 aliphatic heterocycles. The molecule has 0 spiro atoms. The second-order valence-electron chi connectivity index (χ2n) is 7.91. The summed E-state index contributed by atoms with van der Waals surface area (Å²) in [6.45, 7) is -0.272. The summed E-state index contributed by atoms with van der Waals surface area (Å²) < 4.78 is 5.13. The normalized spacial score (nSPS) is 13.0. The van der Waals surface area contributed by atoms with Crippen molar-refractivity contribution in [2.24, 2.45) is 0 Å². The summed E-state index contributed by atoms with van der Waals surface area (Å²) in [4.78, 5) is 54.6. The molecule has 3 aromatic carbocycles. The third kappa shape index (κ3) is 3.67. The number of fused-ring (bicyclic) bond motifs is 1. The van der Waals surface area contributed by atoms with Gasteiger partial charge >= 0.3 is 5.97 Å². The molecule has 4 aromatic rings. The number of nitrogens with zero attached hydrogens (tertiary/aromatic N) is 1. The number of hydrogen-bond donors (Lipinski definition) is 1. The highest BCUT2D eigenvalue weighted by molar-refractivity contribution is 6.25. The standard InChI is InChI=1S/C26H20N2O5/c29-22(20-14-27-21-11-2-1-8-17(20)21)15-33-23(30)12-5-13-28-25(31)18-9-3-6-16-7-4-10-19(24(16)18)26(28)32/h1-4,6-11,14,27H,5,12-13,15H2. The number of imide groups is 1. The highest BCUT2D eigenvalue weighted by Gasteiger charge is 2.32. The van der Waals surface area contributed by atoms with Gasteiger partial charge in [0.1, 0.15) is 0 Å². The first-order chi connectivity index (χ1) is 16.0. The first-order valence-electron chi connectivity index (χ1n) is 10.7. The predicted octanol–water partition coefficient (Wildman–Crippen LogP) is 4.12. The topological polar surface area (TPSA) is 96.5 Å². The molecule has 7 nitrogen and oxygen atoms in total. The molecule has 0 unspecified atom stereocenters. The average molecular weight is 440 g/mol. The van der Waals surface area contributed by atoms with Crippen molar-refractivity contribution < 1.29 is 23.9 Å². The molecule has 0 bridgehead atoms. The van der Waals surface area contributed by atoms with Gasteiger partial charge in [-0.25, -0.2) is 0 Å². The highest BCUT2D eigenvalue weighted by Crippen LogP contribution is 2.30. The van der Waals surface area contributed by atoms with E-state index in [0.717, 1.165) is 16.3 Å². The molecule has 1 aliphatic rings. The number of hydrogen-bond acceptors (Lipinski definition) is 5. The van der Waals surface area contributed by atoms with E-state index in [1.807, 2.05) is 36.4 Å². The number of benzene rings is 3. The van der Waals surface area contributed by atoms with Gasteiger partial charge in [-0.1, -0.05) is 42.5 Å². The van der Waals surface area contributed by atoms with E-state index in [0.29, 0.717) is 22.1 Å². The summed E-state index contributed by atoms with van der Waals surface area (Å²) in [6.07, 6.45) is 1.84. The zero-order valence-corrected chi connectivity index (χ0v) is 17.7. The monoisotopic (exact) mass is 440 g/mol. The third-order valence-corrected chi connectivity index (χ3v) is 5.87. The van der Waals surface area contributed by atoms with Gasteiger partial charge < -0.3 is 9.72 Å². The van der Waals surface area contributed by atoms with E-state index in [1.54, 1.807) is 30.5 Å². The molecule has 0 atom stereocenters. The molecular weight excluding hydrogens is 420 g/mol. The maximum Gasteiger partial charge on any atom is 0.306 e.